The zero-order valence-electron chi connectivity index (χ0n) is 20.3. The Morgan fingerprint density at radius 1 is 0.912 bits per heavy atom. The maximum Gasteiger partial charge on any atom is 0.253 e. The highest BCUT2D eigenvalue weighted by Gasteiger charge is 2.24. The number of hydrogen-bond acceptors (Lipinski definition) is 4. The van der Waals surface area contributed by atoms with Gasteiger partial charge >= 0.3 is 0 Å². The molecule has 1 atom stereocenters. The number of nitrogens with zero attached hydrogens (tertiary/aromatic N) is 2. The van der Waals surface area contributed by atoms with Gasteiger partial charge in [-0.1, -0.05) is 54.6 Å². The first-order valence-electron chi connectivity index (χ1n) is 12.4. The molecule has 34 heavy (non-hydrogen) atoms. The first kappa shape index (κ1) is 24.0. The number of benzene rings is 3. The summed E-state index contributed by atoms with van der Waals surface area (Å²) in [5, 5.41) is 7.05. The normalized spacial score (nSPS) is 15.0. The van der Waals surface area contributed by atoms with Crippen molar-refractivity contribution >= 4 is 11.6 Å². The van der Waals surface area contributed by atoms with E-state index in [9.17, 15) is 4.79 Å². The molecule has 2 N–H and O–H groups in total. The van der Waals surface area contributed by atoms with E-state index in [0.717, 1.165) is 57.1 Å². The molecule has 0 radical (unpaired) electrons. The molecule has 4 rings (SSSR count). The minimum atomic E-state index is 0.0994. The number of nitrogens with one attached hydrogen (secondary N) is 2. The van der Waals surface area contributed by atoms with Crippen molar-refractivity contribution in [3.05, 3.63) is 101 Å². The van der Waals surface area contributed by atoms with Crippen LogP contribution in [0.25, 0.3) is 0 Å². The predicted octanol–water partition coefficient (Wildman–Crippen LogP) is 4.78. The first-order valence-corrected chi connectivity index (χ1v) is 12.4. The van der Waals surface area contributed by atoms with Gasteiger partial charge in [0.05, 0.1) is 6.04 Å². The van der Waals surface area contributed by atoms with Gasteiger partial charge in [-0.05, 0) is 54.8 Å². The molecule has 0 bridgehead atoms. The Morgan fingerprint density at radius 2 is 1.62 bits per heavy atom. The van der Waals surface area contributed by atoms with Crippen LogP contribution in [-0.2, 0) is 6.54 Å². The summed E-state index contributed by atoms with van der Waals surface area (Å²) < 4.78 is 0. The fraction of sp³-hybridized carbons (Fsp3) is 0.345. The van der Waals surface area contributed by atoms with E-state index in [1.165, 1.54) is 16.7 Å². The van der Waals surface area contributed by atoms with E-state index in [1.807, 2.05) is 36.9 Å². The van der Waals surface area contributed by atoms with Crippen molar-refractivity contribution in [2.45, 2.75) is 26.4 Å². The van der Waals surface area contributed by atoms with E-state index >= 15 is 0 Å². The van der Waals surface area contributed by atoms with Crippen molar-refractivity contribution in [1.29, 1.82) is 0 Å². The van der Waals surface area contributed by atoms with Crippen molar-refractivity contribution in [1.82, 2.24) is 15.1 Å². The van der Waals surface area contributed by atoms with E-state index in [4.69, 9.17) is 0 Å². The van der Waals surface area contributed by atoms with Gasteiger partial charge in [0.1, 0.15) is 0 Å². The van der Waals surface area contributed by atoms with E-state index < -0.39 is 0 Å². The Kier molecular flexibility index (Phi) is 8.34. The second-order valence-corrected chi connectivity index (χ2v) is 8.75. The second kappa shape index (κ2) is 11.8. The summed E-state index contributed by atoms with van der Waals surface area (Å²) in [6, 6.07) is 27.6. The minimum Gasteiger partial charge on any atom is -0.381 e. The standard InChI is InChI=1S/C29H36N4O/c1-3-32(4-2)29(34)25-15-13-24(14-16-25)28(33-19-17-30-18-20-33)26-11-8-12-27(21-26)31-22-23-9-6-5-7-10-23/h5-16,21,28,30-31H,3-4,17-20,22H2,1-2H3. The Morgan fingerprint density at radius 3 is 2.29 bits per heavy atom. The van der Waals surface area contributed by atoms with Crippen molar-refractivity contribution in [2.75, 3.05) is 44.6 Å². The molecule has 3 aromatic rings. The van der Waals surface area contributed by atoms with E-state index in [1.54, 1.807) is 0 Å². The smallest absolute Gasteiger partial charge is 0.253 e. The number of carbonyl (C=O) groups is 1. The number of rotatable bonds is 9. The third-order valence-corrected chi connectivity index (χ3v) is 6.58. The zero-order valence-corrected chi connectivity index (χ0v) is 20.3. The molecule has 3 aromatic carbocycles. The summed E-state index contributed by atoms with van der Waals surface area (Å²) in [5.41, 5.74) is 5.63. The molecule has 0 saturated carbocycles. The number of piperazine rings is 1. The fourth-order valence-corrected chi connectivity index (χ4v) is 4.67. The van der Waals surface area contributed by atoms with Crippen LogP contribution in [0, 0.1) is 0 Å². The van der Waals surface area contributed by atoms with Crippen LogP contribution in [0.15, 0.2) is 78.9 Å². The Hall–Kier alpha value is -3.15. The van der Waals surface area contributed by atoms with Gasteiger partial charge in [0.15, 0.2) is 0 Å². The highest BCUT2D eigenvalue weighted by molar-refractivity contribution is 5.94. The fourth-order valence-electron chi connectivity index (χ4n) is 4.67. The maximum atomic E-state index is 12.8. The van der Waals surface area contributed by atoms with Gasteiger partial charge in [-0.3, -0.25) is 9.69 Å². The van der Waals surface area contributed by atoms with E-state index in [-0.39, 0.29) is 11.9 Å². The van der Waals surface area contributed by atoms with E-state index in [2.05, 4.69) is 76.2 Å². The Labute approximate surface area is 203 Å². The minimum absolute atomic E-state index is 0.0994. The van der Waals surface area contributed by atoms with Gasteiger partial charge in [-0.15, -0.1) is 0 Å². The van der Waals surface area contributed by atoms with Crippen LogP contribution in [0.4, 0.5) is 5.69 Å². The number of anilines is 1. The summed E-state index contributed by atoms with van der Waals surface area (Å²) >= 11 is 0. The SMILES string of the molecule is CCN(CC)C(=O)c1ccc(C(c2cccc(NCc3ccccc3)c2)N2CCNCC2)cc1. The molecule has 1 unspecified atom stereocenters. The van der Waals surface area contributed by atoms with Crippen LogP contribution in [0.1, 0.15) is 46.9 Å². The molecule has 5 nitrogen and oxygen atoms in total. The lowest BCUT2D eigenvalue weighted by Gasteiger charge is -2.36. The summed E-state index contributed by atoms with van der Waals surface area (Å²) in [6.07, 6.45) is 0. The highest BCUT2D eigenvalue weighted by Crippen LogP contribution is 2.31. The maximum absolute atomic E-state index is 12.8. The van der Waals surface area contributed by atoms with E-state index in [0.29, 0.717) is 0 Å². The topological polar surface area (TPSA) is 47.6 Å². The monoisotopic (exact) mass is 456 g/mol. The lowest BCUT2D eigenvalue weighted by molar-refractivity contribution is 0.0773. The third kappa shape index (κ3) is 5.85. The average molecular weight is 457 g/mol. The molecular weight excluding hydrogens is 420 g/mol. The van der Waals surface area contributed by atoms with Crippen molar-refractivity contribution in [2.24, 2.45) is 0 Å². The lowest BCUT2D eigenvalue weighted by Crippen LogP contribution is -2.45. The molecule has 178 valence electrons. The van der Waals surface area contributed by atoms with Crippen LogP contribution in [0.2, 0.25) is 0 Å². The molecule has 0 aromatic heterocycles. The van der Waals surface area contributed by atoms with Crippen molar-refractivity contribution in [3.63, 3.8) is 0 Å². The molecule has 1 saturated heterocycles. The summed E-state index contributed by atoms with van der Waals surface area (Å²) in [6.45, 7) is 10.3. The molecule has 1 amide bonds. The Bertz CT molecular complexity index is 1040. The first-order chi connectivity index (χ1) is 16.7. The summed E-state index contributed by atoms with van der Waals surface area (Å²) in [4.78, 5) is 17.2. The number of carbonyl (C=O) groups excluding carboxylic acids is 1. The average Bonchev–Trinajstić information content (AvgIpc) is 2.90. The quantitative estimate of drug-likeness (QED) is 0.487. The molecule has 5 heteroatoms. The zero-order chi connectivity index (χ0) is 23.8. The summed E-state index contributed by atoms with van der Waals surface area (Å²) in [7, 11) is 0. The van der Waals surface area contributed by atoms with Gasteiger partial charge in [-0.25, -0.2) is 0 Å². The summed E-state index contributed by atoms with van der Waals surface area (Å²) in [5.74, 6) is 0.0994. The Balaban J connectivity index is 1.59. The van der Waals surface area contributed by atoms with Gasteiger partial charge in [-0.2, -0.15) is 0 Å². The molecule has 1 aliphatic rings. The molecule has 0 aliphatic carbocycles. The van der Waals surface area contributed by atoms with Gasteiger partial charge in [0.2, 0.25) is 0 Å². The van der Waals surface area contributed by atoms with Crippen molar-refractivity contribution in [3.8, 4) is 0 Å². The van der Waals surface area contributed by atoms with Crippen LogP contribution in [0.3, 0.4) is 0 Å². The molecule has 1 fully saturated rings. The van der Waals surface area contributed by atoms with Gasteiger partial charge < -0.3 is 15.5 Å². The predicted molar refractivity (Wildman–Crippen MR) is 140 cm³/mol. The molecular formula is C29H36N4O. The van der Waals surface area contributed by atoms with Crippen LogP contribution in [-0.4, -0.2) is 55.0 Å². The number of hydrogen-bond donors (Lipinski definition) is 2. The third-order valence-electron chi connectivity index (χ3n) is 6.58. The largest absolute Gasteiger partial charge is 0.381 e. The van der Waals surface area contributed by atoms with Crippen LogP contribution >= 0.6 is 0 Å². The van der Waals surface area contributed by atoms with Crippen molar-refractivity contribution < 1.29 is 4.79 Å². The molecule has 0 spiro atoms. The van der Waals surface area contributed by atoms with Gasteiger partial charge in [0, 0.05) is 57.1 Å². The highest BCUT2D eigenvalue weighted by atomic mass is 16.2. The number of amides is 1. The van der Waals surface area contributed by atoms with Crippen LogP contribution in [0.5, 0.6) is 0 Å². The van der Waals surface area contributed by atoms with Crippen LogP contribution < -0.4 is 10.6 Å². The second-order valence-electron chi connectivity index (χ2n) is 8.75. The molecule has 1 aliphatic heterocycles. The van der Waals surface area contributed by atoms with Gasteiger partial charge in [0.25, 0.3) is 5.91 Å². The molecule has 1 heterocycles. The lowest BCUT2D eigenvalue weighted by atomic mass is 9.95.